The maximum absolute atomic E-state index is 6.38. The van der Waals surface area contributed by atoms with Crippen molar-refractivity contribution in [2.24, 2.45) is 0 Å². The standard InChI is InChI=1S/C16H19Cl2N3.ClH/c1-2-3-11-10-14(21-8-6-19-7-9-21)12-4-5-13(17)15(18)16(12)20-11;/h4-5,10,19H,2-3,6-9H2,1H3;1H. The molecular weight excluding hydrogens is 341 g/mol. The zero-order valence-electron chi connectivity index (χ0n) is 12.5. The van der Waals surface area contributed by atoms with Crippen molar-refractivity contribution in [3.05, 3.63) is 33.9 Å². The van der Waals surface area contributed by atoms with Gasteiger partial charge in [0.25, 0.3) is 0 Å². The first-order valence-corrected chi connectivity index (χ1v) is 8.19. The van der Waals surface area contributed by atoms with E-state index in [1.807, 2.05) is 12.1 Å². The Bertz CT molecular complexity index is 655. The van der Waals surface area contributed by atoms with Gasteiger partial charge in [-0.1, -0.05) is 36.5 Å². The Labute approximate surface area is 147 Å². The maximum atomic E-state index is 6.38. The number of benzene rings is 1. The summed E-state index contributed by atoms with van der Waals surface area (Å²) in [5, 5.41) is 5.60. The van der Waals surface area contributed by atoms with Crippen molar-refractivity contribution in [3.8, 4) is 0 Å². The molecule has 120 valence electrons. The number of hydrogen-bond donors (Lipinski definition) is 1. The van der Waals surface area contributed by atoms with Crippen LogP contribution in [-0.4, -0.2) is 31.2 Å². The fourth-order valence-electron chi connectivity index (χ4n) is 2.82. The highest BCUT2D eigenvalue weighted by atomic mass is 35.5. The number of anilines is 1. The third kappa shape index (κ3) is 3.43. The zero-order valence-corrected chi connectivity index (χ0v) is 14.9. The summed E-state index contributed by atoms with van der Waals surface area (Å²) in [6, 6.07) is 6.10. The molecule has 1 saturated heterocycles. The van der Waals surface area contributed by atoms with Gasteiger partial charge >= 0.3 is 0 Å². The first-order chi connectivity index (χ1) is 10.2. The fourth-order valence-corrected chi connectivity index (χ4v) is 3.18. The smallest absolute Gasteiger partial charge is 0.0927 e. The summed E-state index contributed by atoms with van der Waals surface area (Å²) < 4.78 is 0. The van der Waals surface area contributed by atoms with Crippen LogP contribution in [0.25, 0.3) is 10.9 Å². The lowest BCUT2D eigenvalue weighted by Gasteiger charge is -2.30. The van der Waals surface area contributed by atoms with Crippen molar-refractivity contribution in [2.75, 3.05) is 31.1 Å². The predicted octanol–water partition coefficient (Wildman–Crippen LogP) is 4.33. The maximum Gasteiger partial charge on any atom is 0.0927 e. The van der Waals surface area contributed by atoms with E-state index in [-0.39, 0.29) is 12.4 Å². The number of nitrogens with one attached hydrogen (secondary N) is 1. The number of hydrogen-bond acceptors (Lipinski definition) is 3. The van der Waals surface area contributed by atoms with E-state index in [1.54, 1.807) is 0 Å². The fraction of sp³-hybridized carbons (Fsp3) is 0.438. The van der Waals surface area contributed by atoms with Crippen LogP contribution in [0.2, 0.25) is 10.0 Å². The van der Waals surface area contributed by atoms with Gasteiger partial charge in [-0.05, 0) is 24.6 Å². The van der Waals surface area contributed by atoms with Crippen molar-refractivity contribution in [3.63, 3.8) is 0 Å². The largest absolute Gasteiger partial charge is 0.368 e. The van der Waals surface area contributed by atoms with Crippen LogP contribution in [0.4, 0.5) is 5.69 Å². The second kappa shape index (κ2) is 7.69. The topological polar surface area (TPSA) is 28.2 Å². The van der Waals surface area contributed by atoms with Crippen LogP contribution in [0, 0.1) is 0 Å². The van der Waals surface area contributed by atoms with E-state index in [1.165, 1.54) is 5.69 Å². The molecule has 0 radical (unpaired) electrons. The monoisotopic (exact) mass is 359 g/mol. The molecule has 2 heterocycles. The molecule has 0 saturated carbocycles. The highest BCUT2D eigenvalue weighted by molar-refractivity contribution is 6.45. The number of rotatable bonds is 3. The molecule has 1 aromatic heterocycles. The van der Waals surface area contributed by atoms with Gasteiger partial charge in [0.2, 0.25) is 0 Å². The number of nitrogens with zero attached hydrogens (tertiary/aromatic N) is 2. The van der Waals surface area contributed by atoms with Crippen LogP contribution in [-0.2, 0) is 6.42 Å². The predicted molar refractivity (Wildman–Crippen MR) is 98.1 cm³/mol. The van der Waals surface area contributed by atoms with Crippen molar-refractivity contribution < 1.29 is 0 Å². The molecule has 1 fully saturated rings. The summed E-state index contributed by atoms with van der Waals surface area (Å²) in [5.74, 6) is 0. The molecule has 0 unspecified atom stereocenters. The van der Waals surface area contributed by atoms with Gasteiger partial charge in [0.1, 0.15) is 0 Å². The summed E-state index contributed by atoms with van der Waals surface area (Å²) in [4.78, 5) is 7.13. The zero-order chi connectivity index (χ0) is 14.8. The molecule has 1 aliphatic rings. The van der Waals surface area contributed by atoms with Crippen LogP contribution < -0.4 is 10.2 Å². The molecule has 3 nitrogen and oxygen atoms in total. The van der Waals surface area contributed by atoms with E-state index in [4.69, 9.17) is 28.2 Å². The normalized spacial score (nSPS) is 15.0. The number of aryl methyl sites for hydroxylation is 1. The third-order valence-electron chi connectivity index (χ3n) is 3.87. The number of pyridine rings is 1. The lowest BCUT2D eigenvalue weighted by Crippen LogP contribution is -2.43. The Kier molecular flexibility index (Phi) is 6.16. The second-order valence-electron chi connectivity index (χ2n) is 5.38. The lowest BCUT2D eigenvalue weighted by atomic mass is 10.1. The molecule has 1 aromatic carbocycles. The summed E-state index contributed by atoms with van der Waals surface area (Å²) in [6.07, 6.45) is 2.02. The summed E-state index contributed by atoms with van der Waals surface area (Å²) in [5.41, 5.74) is 3.13. The van der Waals surface area contributed by atoms with Crippen LogP contribution >= 0.6 is 35.6 Å². The van der Waals surface area contributed by atoms with E-state index >= 15 is 0 Å². The average molecular weight is 361 g/mol. The Morgan fingerprint density at radius 3 is 2.64 bits per heavy atom. The number of fused-ring (bicyclic) bond motifs is 1. The van der Waals surface area contributed by atoms with E-state index in [0.29, 0.717) is 10.0 Å². The van der Waals surface area contributed by atoms with Gasteiger partial charge in [-0.2, -0.15) is 0 Å². The molecule has 0 atom stereocenters. The van der Waals surface area contributed by atoms with E-state index in [0.717, 1.165) is 55.6 Å². The minimum atomic E-state index is 0. The summed E-state index contributed by atoms with van der Waals surface area (Å²) in [6.45, 7) is 6.19. The Morgan fingerprint density at radius 1 is 1.23 bits per heavy atom. The molecule has 0 spiro atoms. The van der Waals surface area contributed by atoms with Gasteiger partial charge in [-0.25, -0.2) is 0 Å². The number of halogens is 3. The van der Waals surface area contributed by atoms with E-state index in [2.05, 4.69) is 23.2 Å². The molecule has 2 aromatic rings. The minimum Gasteiger partial charge on any atom is -0.368 e. The second-order valence-corrected chi connectivity index (χ2v) is 6.16. The van der Waals surface area contributed by atoms with E-state index in [9.17, 15) is 0 Å². The highest BCUT2D eigenvalue weighted by Gasteiger charge is 2.17. The Morgan fingerprint density at radius 2 is 1.95 bits per heavy atom. The van der Waals surface area contributed by atoms with Crippen LogP contribution in [0.3, 0.4) is 0 Å². The first-order valence-electron chi connectivity index (χ1n) is 7.44. The van der Waals surface area contributed by atoms with Crippen LogP contribution in [0.15, 0.2) is 18.2 Å². The van der Waals surface area contributed by atoms with Crippen molar-refractivity contribution in [1.29, 1.82) is 0 Å². The molecule has 22 heavy (non-hydrogen) atoms. The number of aromatic nitrogens is 1. The molecule has 0 bridgehead atoms. The van der Waals surface area contributed by atoms with Gasteiger partial charge in [-0.15, -0.1) is 12.4 Å². The minimum absolute atomic E-state index is 0. The number of piperazine rings is 1. The molecule has 1 aliphatic heterocycles. The molecule has 1 N–H and O–H groups in total. The van der Waals surface area contributed by atoms with E-state index < -0.39 is 0 Å². The van der Waals surface area contributed by atoms with Gasteiger partial charge in [0, 0.05) is 42.9 Å². The van der Waals surface area contributed by atoms with Crippen molar-refractivity contribution in [2.45, 2.75) is 19.8 Å². The third-order valence-corrected chi connectivity index (χ3v) is 4.66. The van der Waals surface area contributed by atoms with Gasteiger partial charge in [0.05, 0.1) is 15.6 Å². The SMILES string of the molecule is CCCc1cc(N2CCNCC2)c2ccc(Cl)c(Cl)c2n1.Cl. The van der Waals surface area contributed by atoms with Gasteiger partial charge in [-0.3, -0.25) is 4.98 Å². The molecule has 6 heteroatoms. The molecular formula is C16H20Cl3N3. The van der Waals surface area contributed by atoms with Crippen LogP contribution in [0.5, 0.6) is 0 Å². The average Bonchev–Trinajstić information content (AvgIpc) is 2.52. The molecule has 3 rings (SSSR count). The van der Waals surface area contributed by atoms with Gasteiger partial charge < -0.3 is 10.2 Å². The van der Waals surface area contributed by atoms with Gasteiger partial charge in [0.15, 0.2) is 0 Å². The lowest BCUT2D eigenvalue weighted by molar-refractivity contribution is 0.590. The summed E-state index contributed by atoms with van der Waals surface area (Å²) >= 11 is 12.5. The van der Waals surface area contributed by atoms with Crippen molar-refractivity contribution >= 4 is 52.2 Å². The summed E-state index contributed by atoms with van der Waals surface area (Å²) in [7, 11) is 0. The quantitative estimate of drug-likeness (QED) is 0.883. The van der Waals surface area contributed by atoms with Crippen LogP contribution in [0.1, 0.15) is 19.0 Å². The Hall–Kier alpha value is -0.740. The van der Waals surface area contributed by atoms with Crippen molar-refractivity contribution in [1.82, 2.24) is 10.3 Å². The molecule has 0 aliphatic carbocycles. The Balaban J connectivity index is 0.00000176. The highest BCUT2D eigenvalue weighted by Crippen LogP contribution is 2.35. The molecule has 0 amide bonds. The first kappa shape index (κ1) is 17.6.